The van der Waals surface area contributed by atoms with Crippen molar-refractivity contribution in [3.8, 4) is 0 Å². The van der Waals surface area contributed by atoms with Crippen LogP contribution >= 0.6 is 11.3 Å². The standard InChI is InChI=1S/C14H12N2S/c15-14(13-6-3-7-17-13)12-9-16-8-10-4-1-2-5-11(10)12/h1-9,14H,15H2. The Morgan fingerprint density at radius 2 is 1.94 bits per heavy atom. The Hall–Kier alpha value is -1.71. The van der Waals surface area contributed by atoms with Gasteiger partial charge in [-0.1, -0.05) is 30.3 Å². The highest BCUT2D eigenvalue weighted by Gasteiger charge is 2.12. The summed E-state index contributed by atoms with van der Waals surface area (Å²) in [5, 5.41) is 4.37. The number of nitrogens with two attached hydrogens (primary N) is 1. The topological polar surface area (TPSA) is 38.9 Å². The van der Waals surface area contributed by atoms with Gasteiger partial charge in [-0.3, -0.25) is 4.98 Å². The van der Waals surface area contributed by atoms with Crippen LogP contribution in [0.15, 0.2) is 54.2 Å². The Kier molecular flexibility index (Phi) is 2.63. The van der Waals surface area contributed by atoms with E-state index in [1.807, 2.05) is 36.0 Å². The predicted molar refractivity (Wildman–Crippen MR) is 72.1 cm³/mol. The van der Waals surface area contributed by atoms with Crippen molar-refractivity contribution in [1.29, 1.82) is 0 Å². The molecule has 0 amide bonds. The molecular formula is C14H12N2S. The maximum atomic E-state index is 6.30. The minimum Gasteiger partial charge on any atom is -0.320 e. The highest BCUT2D eigenvalue weighted by atomic mass is 32.1. The van der Waals surface area contributed by atoms with Crippen LogP contribution in [0.25, 0.3) is 10.8 Å². The maximum Gasteiger partial charge on any atom is 0.0667 e. The number of rotatable bonds is 2. The van der Waals surface area contributed by atoms with E-state index in [1.165, 1.54) is 10.3 Å². The molecule has 1 unspecified atom stereocenters. The zero-order valence-corrected chi connectivity index (χ0v) is 10.0. The number of benzene rings is 1. The second-order valence-corrected chi connectivity index (χ2v) is 4.92. The third-order valence-electron chi connectivity index (χ3n) is 2.88. The summed E-state index contributed by atoms with van der Waals surface area (Å²) >= 11 is 1.68. The lowest BCUT2D eigenvalue weighted by Gasteiger charge is -2.12. The molecule has 3 heteroatoms. The minimum atomic E-state index is -0.0893. The van der Waals surface area contributed by atoms with E-state index in [-0.39, 0.29) is 6.04 Å². The molecule has 0 aliphatic carbocycles. The van der Waals surface area contributed by atoms with Gasteiger partial charge in [0.1, 0.15) is 0 Å². The summed E-state index contributed by atoms with van der Waals surface area (Å²) in [4.78, 5) is 5.44. The smallest absolute Gasteiger partial charge is 0.0667 e. The molecule has 3 aromatic rings. The summed E-state index contributed by atoms with van der Waals surface area (Å²) in [7, 11) is 0. The van der Waals surface area contributed by atoms with Crippen LogP contribution in [0.3, 0.4) is 0 Å². The van der Waals surface area contributed by atoms with Gasteiger partial charge in [0.25, 0.3) is 0 Å². The van der Waals surface area contributed by atoms with Crippen LogP contribution in [0.1, 0.15) is 16.5 Å². The van der Waals surface area contributed by atoms with E-state index in [9.17, 15) is 0 Å². The van der Waals surface area contributed by atoms with Crippen molar-refractivity contribution < 1.29 is 0 Å². The molecule has 1 atom stereocenters. The number of fused-ring (bicyclic) bond motifs is 1. The highest BCUT2D eigenvalue weighted by Crippen LogP contribution is 2.28. The van der Waals surface area contributed by atoms with Gasteiger partial charge >= 0.3 is 0 Å². The first-order valence-corrected chi connectivity index (χ1v) is 6.36. The Labute approximate surface area is 104 Å². The minimum absolute atomic E-state index is 0.0893. The van der Waals surface area contributed by atoms with Gasteiger partial charge in [-0.2, -0.15) is 0 Å². The van der Waals surface area contributed by atoms with Gasteiger partial charge in [0, 0.05) is 28.2 Å². The summed E-state index contributed by atoms with van der Waals surface area (Å²) in [6.07, 6.45) is 3.74. The summed E-state index contributed by atoms with van der Waals surface area (Å²) in [5.41, 5.74) is 7.39. The van der Waals surface area contributed by atoms with Crippen LogP contribution < -0.4 is 5.73 Å². The fraction of sp³-hybridized carbons (Fsp3) is 0.0714. The molecule has 3 rings (SSSR count). The number of hydrogen-bond acceptors (Lipinski definition) is 3. The third kappa shape index (κ3) is 1.84. The Bertz CT molecular complexity index is 626. The van der Waals surface area contributed by atoms with Gasteiger partial charge in [-0.15, -0.1) is 11.3 Å². The van der Waals surface area contributed by atoms with Crippen molar-refractivity contribution in [2.24, 2.45) is 5.73 Å². The molecule has 84 valence electrons. The van der Waals surface area contributed by atoms with Crippen LogP contribution in [-0.4, -0.2) is 4.98 Å². The van der Waals surface area contributed by atoms with E-state index in [1.54, 1.807) is 11.3 Å². The SMILES string of the molecule is NC(c1cccs1)c1cncc2ccccc12. The van der Waals surface area contributed by atoms with Crippen molar-refractivity contribution in [2.45, 2.75) is 6.04 Å². The van der Waals surface area contributed by atoms with Crippen LogP contribution in [-0.2, 0) is 0 Å². The number of aromatic nitrogens is 1. The third-order valence-corrected chi connectivity index (χ3v) is 3.84. The average Bonchev–Trinajstić information content (AvgIpc) is 2.91. The van der Waals surface area contributed by atoms with Crippen molar-refractivity contribution in [3.05, 3.63) is 64.6 Å². The molecule has 0 aliphatic heterocycles. The number of hydrogen-bond donors (Lipinski definition) is 1. The molecule has 2 nitrogen and oxygen atoms in total. The molecule has 0 saturated heterocycles. The van der Waals surface area contributed by atoms with Gasteiger partial charge in [0.05, 0.1) is 6.04 Å². The zero-order valence-electron chi connectivity index (χ0n) is 9.21. The maximum absolute atomic E-state index is 6.30. The monoisotopic (exact) mass is 240 g/mol. The van der Waals surface area contributed by atoms with Crippen molar-refractivity contribution in [2.75, 3.05) is 0 Å². The summed E-state index contributed by atoms with van der Waals surface area (Å²) in [6.45, 7) is 0. The first kappa shape index (κ1) is 10.4. The molecule has 0 fully saturated rings. The summed E-state index contributed by atoms with van der Waals surface area (Å²) in [6, 6.07) is 12.2. The van der Waals surface area contributed by atoms with Gasteiger partial charge < -0.3 is 5.73 Å². The first-order chi connectivity index (χ1) is 8.36. The van der Waals surface area contributed by atoms with E-state index >= 15 is 0 Å². The second-order valence-electron chi connectivity index (χ2n) is 3.94. The molecule has 0 aliphatic rings. The number of pyridine rings is 1. The van der Waals surface area contributed by atoms with Gasteiger partial charge in [0.2, 0.25) is 0 Å². The van der Waals surface area contributed by atoms with Gasteiger partial charge in [0.15, 0.2) is 0 Å². The predicted octanol–water partition coefficient (Wildman–Crippen LogP) is 3.34. The first-order valence-electron chi connectivity index (χ1n) is 5.48. The van der Waals surface area contributed by atoms with E-state index in [2.05, 4.69) is 23.2 Å². The zero-order chi connectivity index (χ0) is 11.7. The van der Waals surface area contributed by atoms with Crippen LogP contribution in [0.4, 0.5) is 0 Å². The summed E-state index contributed by atoms with van der Waals surface area (Å²) < 4.78 is 0. The number of nitrogens with zero attached hydrogens (tertiary/aromatic N) is 1. The Balaban J connectivity index is 2.17. The normalized spacial score (nSPS) is 12.8. The fourth-order valence-corrected chi connectivity index (χ4v) is 2.75. The molecular weight excluding hydrogens is 228 g/mol. The second kappa shape index (κ2) is 4.28. The number of thiophene rings is 1. The average molecular weight is 240 g/mol. The lowest BCUT2D eigenvalue weighted by atomic mass is 10.0. The van der Waals surface area contributed by atoms with Crippen molar-refractivity contribution >= 4 is 22.1 Å². The Morgan fingerprint density at radius 1 is 1.06 bits per heavy atom. The molecule has 0 radical (unpaired) electrons. The van der Waals surface area contributed by atoms with Crippen molar-refractivity contribution in [1.82, 2.24) is 4.98 Å². The fourth-order valence-electron chi connectivity index (χ4n) is 2.01. The molecule has 17 heavy (non-hydrogen) atoms. The lowest BCUT2D eigenvalue weighted by Crippen LogP contribution is -2.11. The van der Waals surface area contributed by atoms with E-state index in [0.29, 0.717) is 0 Å². The van der Waals surface area contributed by atoms with E-state index in [4.69, 9.17) is 5.73 Å². The summed E-state index contributed by atoms with van der Waals surface area (Å²) in [5.74, 6) is 0. The molecule has 2 heterocycles. The largest absolute Gasteiger partial charge is 0.320 e. The molecule has 0 bridgehead atoms. The van der Waals surface area contributed by atoms with Crippen LogP contribution in [0, 0.1) is 0 Å². The molecule has 0 spiro atoms. The van der Waals surface area contributed by atoms with Crippen LogP contribution in [0.5, 0.6) is 0 Å². The van der Waals surface area contributed by atoms with Crippen LogP contribution in [0.2, 0.25) is 0 Å². The lowest BCUT2D eigenvalue weighted by molar-refractivity contribution is 0.895. The van der Waals surface area contributed by atoms with E-state index in [0.717, 1.165) is 10.9 Å². The molecule has 2 aromatic heterocycles. The quantitative estimate of drug-likeness (QED) is 0.746. The van der Waals surface area contributed by atoms with Crippen molar-refractivity contribution in [3.63, 3.8) is 0 Å². The Morgan fingerprint density at radius 3 is 2.76 bits per heavy atom. The highest BCUT2D eigenvalue weighted by molar-refractivity contribution is 7.10. The van der Waals surface area contributed by atoms with E-state index < -0.39 is 0 Å². The molecule has 0 saturated carbocycles. The van der Waals surface area contributed by atoms with Gasteiger partial charge in [-0.25, -0.2) is 0 Å². The molecule has 1 aromatic carbocycles. The molecule has 2 N–H and O–H groups in total. The van der Waals surface area contributed by atoms with Gasteiger partial charge in [-0.05, 0) is 16.8 Å².